The van der Waals surface area contributed by atoms with Crippen LogP contribution in [0.15, 0.2) is 16.9 Å². The SMILES string of the molecule is CCOc1ncc(NC(=O)Cc2c(C)noc2C)cn1. The minimum atomic E-state index is -0.174. The van der Waals surface area contributed by atoms with Crippen molar-refractivity contribution in [3.05, 3.63) is 29.4 Å². The number of carbonyl (C=O) groups is 1. The van der Waals surface area contributed by atoms with Crippen LogP contribution in [-0.2, 0) is 11.2 Å². The molecule has 0 unspecified atom stereocenters. The quantitative estimate of drug-likeness (QED) is 0.893. The molecule has 0 aliphatic heterocycles. The fourth-order valence-electron chi connectivity index (χ4n) is 1.70. The predicted molar refractivity (Wildman–Crippen MR) is 71.5 cm³/mol. The number of anilines is 1. The Morgan fingerprint density at radius 3 is 2.60 bits per heavy atom. The van der Waals surface area contributed by atoms with Crippen LogP contribution in [0.5, 0.6) is 6.01 Å². The highest BCUT2D eigenvalue weighted by atomic mass is 16.5. The number of aryl methyl sites for hydroxylation is 2. The Balaban J connectivity index is 1.97. The Morgan fingerprint density at radius 1 is 1.35 bits per heavy atom. The molecule has 2 aromatic rings. The van der Waals surface area contributed by atoms with Gasteiger partial charge in [-0.2, -0.15) is 0 Å². The highest BCUT2D eigenvalue weighted by Gasteiger charge is 2.13. The number of aromatic nitrogens is 3. The smallest absolute Gasteiger partial charge is 0.316 e. The van der Waals surface area contributed by atoms with E-state index >= 15 is 0 Å². The maximum absolute atomic E-state index is 11.9. The molecule has 106 valence electrons. The van der Waals surface area contributed by atoms with Gasteiger partial charge in [0.2, 0.25) is 5.91 Å². The van der Waals surface area contributed by atoms with E-state index in [-0.39, 0.29) is 18.3 Å². The lowest BCUT2D eigenvalue weighted by Crippen LogP contribution is -2.15. The maximum atomic E-state index is 11.9. The normalized spacial score (nSPS) is 10.3. The first-order chi connectivity index (χ1) is 9.60. The minimum absolute atomic E-state index is 0.174. The van der Waals surface area contributed by atoms with Crippen molar-refractivity contribution in [3.8, 4) is 6.01 Å². The molecule has 2 rings (SSSR count). The third-order valence-electron chi connectivity index (χ3n) is 2.70. The first-order valence-electron chi connectivity index (χ1n) is 6.26. The molecular formula is C13H16N4O3. The van der Waals surface area contributed by atoms with Crippen LogP contribution >= 0.6 is 0 Å². The van der Waals surface area contributed by atoms with Gasteiger partial charge in [-0.3, -0.25) is 4.79 Å². The first kappa shape index (κ1) is 14.0. The predicted octanol–water partition coefficient (Wildman–Crippen LogP) is 1.66. The van der Waals surface area contributed by atoms with Crippen LogP contribution in [0.25, 0.3) is 0 Å². The summed E-state index contributed by atoms with van der Waals surface area (Å²) in [5.41, 5.74) is 2.04. The Hall–Kier alpha value is -2.44. The number of ether oxygens (including phenoxy) is 1. The van der Waals surface area contributed by atoms with Gasteiger partial charge >= 0.3 is 6.01 Å². The highest BCUT2D eigenvalue weighted by molar-refractivity contribution is 5.92. The highest BCUT2D eigenvalue weighted by Crippen LogP contribution is 2.14. The average Bonchev–Trinajstić information content (AvgIpc) is 2.73. The molecule has 1 N–H and O–H groups in total. The van der Waals surface area contributed by atoms with E-state index in [1.165, 1.54) is 12.4 Å². The van der Waals surface area contributed by atoms with Crippen LogP contribution in [0.1, 0.15) is 23.9 Å². The number of hydrogen-bond acceptors (Lipinski definition) is 6. The first-order valence-corrected chi connectivity index (χ1v) is 6.26. The summed E-state index contributed by atoms with van der Waals surface area (Å²) in [4.78, 5) is 19.9. The summed E-state index contributed by atoms with van der Waals surface area (Å²) >= 11 is 0. The number of hydrogen-bond donors (Lipinski definition) is 1. The molecule has 0 aliphatic carbocycles. The van der Waals surface area contributed by atoms with E-state index < -0.39 is 0 Å². The molecular weight excluding hydrogens is 260 g/mol. The zero-order valence-electron chi connectivity index (χ0n) is 11.6. The molecule has 2 heterocycles. The summed E-state index contributed by atoms with van der Waals surface area (Å²) in [6.45, 7) is 5.93. The van der Waals surface area contributed by atoms with E-state index in [2.05, 4.69) is 20.4 Å². The molecule has 0 aliphatic rings. The summed E-state index contributed by atoms with van der Waals surface area (Å²) in [6, 6.07) is 0.288. The summed E-state index contributed by atoms with van der Waals surface area (Å²) < 4.78 is 10.1. The fourth-order valence-corrected chi connectivity index (χ4v) is 1.70. The lowest BCUT2D eigenvalue weighted by molar-refractivity contribution is -0.115. The second-order valence-corrected chi connectivity index (χ2v) is 4.22. The van der Waals surface area contributed by atoms with Gasteiger partial charge in [0, 0.05) is 5.56 Å². The van der Waals surface area contributed by atoms with Crippen molar-refractivity contribution >= 4 is 11.6 Å². The number of amides is 1. The maximum Gasteiger partial charge on any atom is 0.316 e. The molecule has 0 saturated carbocycles. The van der Waals surface area contributed by atoms with E-state index in [0.717, 1.165) is 11.3 Å². The van der Waals surface area contributed by atoms with Gasteiger partial charge in [0.05, 0.1) is 36.8 Å². The van der Waals surface area contributed by atoms with Crippen molar-refractivity contribution in [1.29, 1.82) is 0 Å². The van der Waals surface area contributed by atoms with Crippen LogP contribution in [0, 0.1) is 13.8 Å². The lowest BCUT2D eigenvalue weighted by atomic mass is 10.1. The molecule has 0 radical (unpaired) electrons. The number of carbonyl (C=O) groups excluding carboxylic acids is 1. The Morgan fingerprint density at radius 2 is 2.05 bits per heavy atom. The molecule has 0 atom stereocenters. The Bertz CT molecular complexity index is 573. The second-order valence-electron chi connectivity index (χ2n) is 4.22. The molecule has 0 saturated heterocycles. The molecule has 20 heavy (non-hydrogen) atoms. The van der Waals surface area contributed by atoms with Gasteiger partial charge in [0.25, 0.3) is 0 Å². The zero-order chi connectivity index (χ0) is 14.5. The molecule has 2 aromatic heterocycles. The number of nitrogens with one attached hydrogen (secondary N) is 1. The largest absolute Gasteiger partial charge is 0.464 e. The third kappa shape index (κ3) is 3.31. The van der Waals surface area contributed by atoms with Crippen molar-refractivity contribution in [1.82, 2.24) is 15.1 Å². The van der Waals surface area contributed by atoms with Crippen molar-refractivity contribution in [2.24, 2.45) is 0 Å². The van der Waals surface area contributed by atoms with Crippen LogP contribution in [0.2, 0.25) is 0 Å². The molecule has 0 spiro atoms. The van der Waals surface area contributed by atoms with E-state index in [9.17, 15) is 4.79 Å². The third-order valence-corrected chi connectivity index (χ3v) is 2.70. The van der Waals surface area contributed by atoms with Gasteiger partial charge in [0.1, 0.15) is 5.76 Å². The van der Waals surface area contributed by atoms with Crippen LogP contribution < -0.4 is 10.1 Å². The van der Waals surface area contributed by atoms with Crippen molar-refractivity contribution in [2.75, 3.05) is 11.9 Å². The van der Waals surface area contributed by atoms with E-state index in [4.69, 9.17) is 9.26 Å². The molecule has 0 aromatic carbocycles. The van der Waals surface area contributed by atoms with Crippen molar-refractivity contribution in [2.45, 2.75) is 27.2 Å². The zero-order valence-corrected chi connectivity index (χ0v) is 11.6. The van der Waals surface area contributed by atoms with Crippen LogP contribution in [-0.4, -0.2) is 27.6 Å². The summed E-state index contributed by atoms with van der Waals surface area (Å²) in [7, 11) is 0. The van der Waals surface area contributed by atoms with Gasteiger partial charge in [0.15, 0.2) is 0 Å². The van der Waals surface area contributed by atoms with Gasteiger partial charge in [-0.1, -0.05) is 5.16 Å². The van der Waals surface area contributed by atoms with E-state index in [0.29, 0.717) is 18.1 Å². The van der Waals surface area contributed by atoms with Crippen molar-refractivity contribution in [3.63, 3.8) is 0 Å². The molecule has 7 heteroatoms. The standard InChI is InChI=1S/C13H16N4O3/c1-4-19-13-14-6-10(7-15-13)16-12(18)5-11-8(2)17-20-9(11)3/h6-7H,4-5H2,1-3H3,(H,16,18). The minimum Gasteiger partial charge on any atom is -0.464 e. The van der Waals surface area contributed by atoms with E-state index in [1.807, 2.05) is 6.92 Å². The second kappa shape index (κ2) is 6.14. The monoisotopic (exact) mass is 276 g/mol. The van der Waals surface area contributed by atoms with Crippen LogP contribution in [0.4, 0.5) is 5.69 Å². The number of rotatable bonds is 5. The summed E-state index contributed by atoms with van der Waals surface area (Å²) in [6.07, 6.45) is 3.21. The molecule has 0 bridgehead atoms. The van der Waals surface area contributed by atoms with Crippen molar-refractivity contribution < 1.29 is 14.1 Å². The van der Waals surface area contributed by atoms with Gasteiger partial charge in [-0.05, 0) is 20.8 Å². The Kier molecular flexibility index (Phi) is 4.29. The van der Waals surface area contributed by atoms with Crippen LogP contribution in [0.3, 0.4) is 0 Å². The Labute approximate surface area is 116 Å². The summed E-state index contributed by atoms with van der Waals surface area (Å²) in [5.74, 6) is 0.479. The van der Waals surface area contributed by atoms with Gasteiger partial charge in [-0.15, -0.1) is 0 Å². The van der Waals surface area contributed by atoms with Gasteiger partial charge < -0.3 is 14.6 Å². The molecule has 0 fully saturated rings. The topological polar surface area (TPSA) is 90.1 Å². The lowest BCUT2D eigenvalue weighted by Gasteiger charge is -2.05. The average molecular weight is 276 g/mol. The molecule has 7 nitrogen and oxygen atoms in total. The summed E-state index contributed by atoms with van der Waals surface area (Å²) in [5, 5.41) is 6.53. The van der Waals surface area contributed by atoms with E-state index in [1.54, 1.807) is 13.8 Å². The number of nitrogens with zero attached hydrogens (tertiary/aromatic N) is 3. The van der Waals surface area contributed by atoms with Gasteiger partial charge in [-0.25, -0.2) is 9.97 Å². The molecule has 1 amide bonds. The fraction of sp³-hybridized carbons (Fsp3) is 0.385.